The van der Waals surface area contributed by atoms with Crippen LogP contribution in [0.5, 0.6) is 0 Å². The van der Waals surface area contributed by atoms with Crippen LogP contribution >= 0.6 is 0 Å². The molecule has 0 spiro atoms. The smallest absolute Gasteiger partial charge is 0.306 e. The highest BCUT2D eigenvalue weighted by molar-refractivity contribution is 5.70. The minimum absolute atomic E-state index is 0.146. The normalized spacial score (nSPS) is 13.0. The molecule has 0 aromatic carbocycles. The van der Waals surface area contributed by atoms with E-state index in [0.29, 0.717) is 23.9 Å². The van der Waals surface area contributed by atoms with Gasteiger partial charge in [-0.25, -0.2) is 0 Å². The Hall–Kier alpha value is -2.75. The minimum atomic E-state index is -1.62. The van der Waals surface area contributed by atoms with E-state index in [9.17, 15) is 19.5 Å². The third kappa shape index (κ3) is 58.8. The topological polar surface area (TPSA) is 111 Å². The van der Waals surface area contributed by atoms with Crippen molar-refractivity contribution in [2.45, 2.75) is 309 Å². The lowest BCUT2D eigenvalue weighted by Gasteiger charge is -2.26. The summed E-state index contributed by atoms with van der Waals surface area (Å²) in [6.45, 7) is 4.67. The van der Waals surface area contributed by atoms with Gasteiger partial charge in [0.1, 0.15) is 13.2 Å². The molecule has 0 aromatic heterocycles. The Bertz CT molecular complexity index is 1370. The lowest BCUT2D eigenvalue weighted by molar-refractivity contribution is -0.870. The van der Waals surface area contributed by atoms with Crippen LogP contribution < -0.4 is 5.11 Å². The molecular formula is C66H121NO8. The van der Waals surface area contributed by atoms with Gasteiger partial charge in [-0.1, -0.05) is 281 Å². The fraction of sp³-hybridized carbons (Fsp3) is 0.833. The summed E-state index contributed by atoms with van der Waals surface area (Å²) in [5.41, 5.74) is 0. The van der Waals surface area contributed by atoms with Crippen molar-refractivity contribution in [1.82, 2.24) is 0 Å². The fourth-order valence-electron chi connectivity index (χ4n) is 9.24. The molecule has 2 unspecified atom stereocenters. The number of likely N-dealkylation sites (N-methyl/N-ethyl adjacent to an activating group) is 1. The van der Waals surface area contributed by atoms with Crippen LogP contribution in [0.3, 0.4) is 0 Å². The van der Waals surface area contributed by atoms with Gasteiger partial charge in [-0.2, -0.15) is 0 Å². The van der Waals surface area contributed by atoms with Gasteiger partial charge in [0.15, 0.2) is 12.4 Å². The molecule has 0 N–H and O–H groups in total. The Morgan fingerprint density at radius 2 is 0.760 bits per heavy atom. The van der Waals surface area contributed by atoms with Crippen LogP contribution in [0, 0.1) is 0 Å². The number of rotatable bonds is 59. The van der Waals surface area contributed by atoms with Crippen molar-refractivity contribution < 1.29 is 42.9 Å². The molecule has 0 aromatic rings. The maximum atomic E-state index is 12.9. The van der Waals surface area contributed by atoms with E-state index in [1.54, 1.807) is 0 Å². The Morgan fingerprint density at radius 3 is 1.13 bits per heavy atom. The molecule has 0 aliphatic carbocycles. The van der Waals surface area contributed by atoms with Gasteiger partial charge >= 0.3 is 11.9 Å². The summed E-state index contributed by atoms with van der Waals surface area (Å²) in [7, 11) is 5.93. The van der Waals surface area contributed by atoms with Crippen molar-refractivity contribution in [3.05, 3.63) is 48.6 Å². The number of carboxylic acid groups (broad SMARTS) is 1. The maximum Gasteiger partial charge on any atom is 0.306 e. The summed E-state index contributed by atoms with van der Waals surface area (Å²) in [6.07, 6.45) is 68.9. The summed E-state index contributed by atoms with van der Waals surface area (Å²) >= 11 is 0. The molecule has 0 rings (SSSR count). The maximum absolute atomic E-state index is 12.9. The number of carbonyl (C=O) groups excluding carboxylic acids is 3. The van der Waals surface area contributed by atoms with Gasteiger partial charge < -0.3 is 33.3 Å². The molecule has 0 aliphatic heterocycles. The van der Waals surface area contributed by atoms with Crippen LogP contribution in [0.25, 0.3) is 0 Å². The van der Waals surface area contributed by atoms with Gasteiger partial charge in [0.25, 0.3) is 0 Å². The Morgan fingerprint density at radius 1 is 0.413 bits per heavy atom. The highest BCUT2D eigenvalue weighted by Crippen LogP contribution is 2.18. The number of carbonyl (C=O) groups is 3. The van der Waals surface area contributed by atoms with Gasteiger partial charge in [-0.05, 0) is 51.4 Å². The van der Waals surface area contributed by atoms with E-state index in [2.05, 4.69) is 62.5 Å². The standard InChI is InChI=1S/C66H121NO8/c1-6-8-10-12-14-16-18-20-22-24-26-28-29-30-31-32-33-34-35-37-38-40-42-44-46-48-50-52-54-56-63(68)73-60-62(61-74-66(65(70)71)72-59-58-67(3,4)5)75-64(69)57-55-53-51-49-47-45-43-41-39-36-27-25-23-21-19-17-15-13-11-9-7-2/h9,11,15,17,21,23,27,36,62,66H,6-8,10,12-14,16,18-20,22,24-26,28-35,37-61H2,1-5H3/b11-9-,17-15-,23-21-,36-27-. The molecule has 75 heavy (non-hydrogen) atoms. The molecule has 0 saturated carbocycles. The molecule has 9 nitrogen and oxygen atoms in total. The van der Waals surface area contributed by atoms with E-state index in [1.807, 2.05) is 21.1 Å². The van der Waals surface area contributed by atoms with E-state index >= 15 is 0 Å². The van der Waals surface area contributed by atoms with E-state index in [1.165, 1.54) is 193 Å². The second-order valence-corrected chi connectivity index (χ2v) is 22.7. The number of hydrogen-bond acceptors (Lipinski definition) is 8. The van der Waals surface area contributed by atoms with Crippen molar-refractivity contribution in [3.63, 3.8) is 0 Å². The molecule has 0 aliphatic rings. The number of hydrogen-bond donors (Lipinski definition) is 0. The molecule has 0 fully saturated rings. The summed E-state index contributed by atoms with van der Waals surface area (Å²) in [5.74, 6) is -2.28. The van der Waals surface area contributed by atoms with Gasteiger partial charge in [0, 0.05) is 12.8 Å². The summed E-state index contributed by atoms with van der Waals surface area (Å²) < 4.78 is 22.7. The molecule has 9 heteroatoms. The van der Waals surface area contributed by atoms with Crippen LogP contribution in [0.4, 0.5) is 0 Å². The van der Waals surface area contributed by atoms with E-state index in [4.69, 9.17) is 18.9 Å². The quantitative estimate of drug-likeness (QED) is 0.0195. The number of allylic oxidation sites excluding steroid dienone is 8. The molecule has 438 valence electrons. The number of nitrogens with zero attached hydrogens (tertiary/aromatic N) is 1. The summed E-state index contributed by atoms with van der Waals surface area (Å²) in [6, 6.07) is 0. The largest absolute Gasteiger partial charge is 0.545 e. The second kappa shape index (κ2) is 57.4. The molecule has 0 heterocycles. The molecule has 0 radical (unpaired) electrons. The monoisotopic (exact) mass is 1060 g/mol. The highest BCUT2D eigenvalue weighted by Gasteiger charge is 2.22. The van der Waals surface area contributed by atoms with Gasteiger partial charge in [0.05, 0.1) is 40.3 Å². The van der Waals surface area contributed by atoms with Crippen molar-refractivity contribution in [3.8, 4) is 0 Å². The Kier molecular flexibility index (Phi) is 55.3. The summed E-state index contributed by atoms with van der Waals surface area (Å²) in [4.78, 5) is 37.4. The molecule has 0 saturated heterocycles. The number of ether oxygens (including phenoxy) is 4. The average Bonchev–Trinajstić information content (AvgIpc) is 3.38. The van der Waals surface area contributed by atoms with Crippen LogP contribution in [-0.2, 0) is 33.3 Å². The van der Waals surface area contributed by atoms with Crippen molar-refractivity contribution >= 4 is 17.9 Å². The number of unbranched alkanes of at least 4 members (excludes halogenated alkanes) is 36. The summed E-state index contributed by atoms with van der Waals surface area (Å²) in [5, 5.41) is 11.8. The zero-order valence-corrected chi connectivity index (χ0v) is 49.9. The predicted molar refractivity (Wildman–Crippen MR) is 315 cm³/mol. The minimum Gasteiger partial charge on any atom is -0.545 e. The van der Waals surface area contributed by atoms with Crippen molar-refractivity contribution in [1.29, 1.82) is 0 Å². The van der Waals surface area contributed by atoms with Gasteiger partial charge in [-0.3, -0.25) is 9.59 Å². The third-order valence-electron chi connectivity index (χ3n) is 14.1. The first-order valence-corrected chi connectivity index (χ1v) is 31.8. The first-order chi connectivity index (χ1) is 36.6. The molecule has 0 amide bonds. The number of aliphatic carboxylic acids is 1. The van der Waals surface area contributed by atoms with E-state index in [0.717, 1.165) is 70.6 Å². The van der Waals surface area contributed by atoms with Crippen molar-refractivity contribution in [2.75, 3.05) is 47.5 Å². The zero-order valence-electron chi connectivity index (χ0n) is 49.9. The van der Waals surface area contributed by atoms with Crippen LogP contribution in [-0.4, -0.2) is 82.3 Å². The number of quaternary nitrogens is 1. The second-order valence-electron chi connectivity index (χ2n) is 22.7. The Labute approximate surface area is 463 Å². The number of carboxylic acids is 1. The predicted octanol–water partition coefficient (Wildman–Crippen LogP) is 17.7. The molecular weight excluding hydrogens is 935 g/mol. The van der Waals surface area contributed by atoms with E-state index < -0.39 is 24.3 Å². The van der Waals surface area contributed by atoms with Gasteiger partial charge in [0.2, 0.25) is 0 Å². The lowest BCUT2D eigenvalue weighted by Crippen LogP contribution is -2.44. The van der Waals surface area contributed by atoms with Gasteiger partial charge in [-0.15, -0.1) is 0 Å². The Balaban J connectivity index is 4.13. The average molecular weight is 1060 g/mol. The van der Waals surface area contributed by atoms with Crippen LogP contribution in [0.15, 0.2) is 48.6 Å². The number of esters is 2. The van der Waals surface area contributed by atoms with E-state index in [-0.39, 0.29) is 32.2 Å². The van der Waals surface area contributed by atoms with Crippen LogP contribution in [0.2, 0.25) is 0 Å². The highest BCUT2D eigenvalue weighted by atomic mass is 16.7. The first kappa shape index (κ1) is 72.2. The molecule has 0 bridgehead atoms. The third-order valence-corrected chi connectivity index (χ3v) is 14.1. The lowest BCUT2D eigenvalue weighted by atomic mass is 10.0. The molecule has 2 atom stereocenters. The van der Waals surface area contributed by atoms with Crippen molar-refractivity contribution in [2.24, 2.45) is 0 Å². The van der Waals surface area contributed by atoms with Crippen LogP contribution in [0.1, 0.15) is 296 Å². The zero-order chi connectivity index (χ0) is 54.8. The first-order valence-electron chi connectivity index (χ1n) is 31.8. The fourth-order valence-corrected chi connectivity index (χ4v) is 9.24. The SMILES string of the molecule is CC/C=C\C/C=C\C/C=C\C/C=C\CCCCCCCCCCC(=O)OC(COC(=O)CCCCCCCCCCCCCCCCCCCCCCCCCCCCCCC)COC(OCC[N+](C)(C)C)C(=O)[O-].